The number of hydrogen-bond acceptors (Lipinski definition) is 3. The van der Waals surface area contributed by atoms with Gasteiger partial charge in [-0.25, -0.2) is 4.99 Å². The average molecular weight is 318 g/mol. The van der Waals surface area contributed by atoms with Gasteiger partial charge in [0.1, 0.15) is 11.4 Å². The molecule has 0 aliphatic rings. The Kier molecular flexibility index (Phi) is 4.69. The summed E-state index contributed by atoms with van der Waals surface area (Å²) in [5.41, 5.74) is 4.45. The van der Waals surface area contributed by atoms with Crippen LogP contribution in [-0.2, 0) is 0 Å². The molecule has 0 fully saturated rings. The molecular formula is C17H23NOSSi. The third-order valence-corrected chi connectivity index (χ3v) is 4.97. The monoisotopic (exact) mass is 317 g/mol. The second-order valence-corrected chi connectivity index (χ2v) is 11.7. The van der Waals surface area contributed by atoms with Crippen molar-refractivity contribution in [2.24, 2.45) is 4.99 Å². The maximum Gasteiger partial charge on any atom is 0.242 e. The highest BCUT2D eigenvalue weighted by Crippen LogP contribution is 2.32. The summed E-state index contributed by atoms with van der Waals surface area (Å²) in [4.78, 5) is 6.06. The zero-order chi connectivity index (χ0) is 15.6. The Morgan fingerprint density at radius 2 is 1.86 bits per heavy atom. The van der Waals surface area contributed by atoms with Crippen molar-refractivity contribution in [3.05, 3.63) is 45.6 Å². The molecule has 0 atom stereocenters. The minimum atomic E-state index is -1.65. The first-order valence-electron chi connectivity index (χ1n) is 7.16. The number of aliphatic imine (C=N–C) groups is 1. The fourth-order valence-corrected chi connectivity index (χ4v) is 3.80. The van der Waals surface area contributed by atoms with E-state index in [4.69, 9.17) is 9.42 Å². The van der Waals surface area contributed by atoms with Crippen molar-refractivity contribution in [1.82, 2.24) is 0 Å². The minimum absolute atomic E-state index is 0.905. The number of nitrogens with zero attached hydrogens (tertiary/aromatic N) is 1. The van der Waals surface area contributed by atoms with E-state index in [0.29, 0.717) is 0 Å². The van der Waals surface area contributed by atoms with Gasteiger partial charge >= 0.3 is 0 Å². The number of rotatable bonds is 4. The second kappa shape index (κ2) is 6.16. The van der Waals surface area contributed by atoms with Crippen LogP contribution in [0.15, 0.2) is 34.6 Å². The van der Waals surface area contributed by atoms with Crippen molar-refractivity contribution in [2.75, 3.05) is 0 Å². The molecule has 0 N–H and O–H groups in total. The molecule has 1 heterocycles. The maximum atomic E-state index is 6.20. The fourth-order valence-electron chi connectivity index (χ4n) is 2.10. The van der Waals surface area contributed by atoms with Gasteiger partial charge < -0.3 is 4.43 Å². The van der Waals surface area contributed by atoms with Gasteiger partial charge in [0.2, 0.25) is 8.32 Å². The highest BCUT2D eigenvalue weighted by atomic mass is 32.1. The van der Waals surface area contributed by atoms with E-state index < -0.39 is 8.32 Å². The van der Waals surface area contributed by atoms with Gasteiger partial charge in [0.05, 0.1) is 10.6 Å². The fraction of sp³-hybridized carbons (Fsp3) is 0.353. The lowest BCUT2D eigenvalue weighted by molar-refractivity contribution is 0.558. The molecule has 0 saturated heterocycles. The summed E-state index contributed by atoms with van der Waals surface area (Å²) in [5, 5.41) is 2.11. The number of hydrogen-bond donors (Lipinski definition) is 0. The van der Waals surface area contributed by atoms with Crippen LogP contribution < -0.4 is 4.43 Å². The molecular weight excluding hydrogens is 294 g/mol. The summed E-state index contributed by atoms with van der Waals surface area (Å²) in [6, 6.07) is 8.36. The lowest BCUT2D eigenvalue weighted by atomic mass is 10.2. The molecule has 4 heteroatoms. The van der Waals surface area contributed by atoms with Crippen LogP contribution in [0.5, 0.6) is 5.75 Å². The minimum Gasteiger partial charge on any atom is -0.543 e. The lowest BCUT2D eigenvalue weighted by Gasteiger charge is -2.21. The molecule has 0 amide bonds. The van der Waals surface area contributed by atoms with Crippen LogP contribution in [0.2, 0.25) is 19.6 Å². The van der Waals surface area contributed by atoms with E-state index in [0.717, 1.165) is 17.1 Å². The Balaban J connectivity index is 2.42. The molecule has 0 aliphatic carbocycles. The molecule has 0 saturated carbocycles. The molecule has 112 valence electrons. The van der Waals surface area contributed by atoms with Crippen LogP contribution in [-0.4, -0.2) is 14.0 Å². The van der Waals surface area contributed by atoms with E-state index in [1.54, 1.807) is 11.3 Å². The smallest absolute Gasteiger partial charge is 0.242 e. The third-order valence-electron chi connectivity index (χ3n) is 3.01. The second-order valence-electron chi connectivity index (χ2n) is 6.32. The first-order valence-corrected chi connectivity index (χ1v) is 11.4. The van der Waals surface area contributed by atoms with Gasteiger partial charge in [-0.05, 0) is 75.1 Å². The Labute approximate surface area is 132 Å². The van der Waals surface area contributed by atoms with Gasteiger partial charge in [-0.1, -0.05) is 6.07 Å². The van der Waals surface area contributed by atoms with Crippen molar-refractivity contribution >= 4 is 31.1 Å². The standard InChI is InChI=1S/C17H23NOSSi/c1-12-7-8-15(16(11-12)19-21(4,5)6)18-14(3)17-13(2)9-10-20-17/h7-11H,1-6H3. The Bertz CT molecular complexity index is 668. The van der Waals surface area contributed by atoms with Crippen molar-refractivity contribution in [3.8, 4) is 5.75 Å². The topological polar surface area (TPSA) is 21.6 Å². The van der Waals surface area contributed by atoms with Crippen LogP contribution in [0.1, 0.15) is 22.9 Å². The molecule has 0 unspecified atom stereocenters. The van der Waals surface area contributed by atoms with Crippen molar-refractivity contribution < 1.29 is 4.43 Å². The number of thiophene rings is 1. The Morgan fingerprint density at radius 3 is 2.43 bits per heavy atom. The Hall–Kier alpha value is -1.39. The van der Waals surface area contributed by atoms with Gasteiger partial charge in [-0.2, -0.15) is 0 Å². The zero-order valence-corrected chi connectivity index (χ0v) is 15.5. The molecule has 0 aliphatic heterocycles. The SMILES string of the molecule is CC(=Nc1ccc(C)cc1O[Si](C)(C)C)c1sccc1C. The molecule has 1 aromatic carbocycles. The summed E-state index contributed by atoms with van der Waals surface area (Å²) in [6.07, 6.45) is 0. The molecule has 2 rings (SSSR count). The van der Waals surface area contributed by atoms with Gasteiger partial charge in [0, 0.05) is 0 Å². The van der Waals surface area contributed by atoms with E-state index >= 15 is 0 Å². The van der Waals surface area contributed by atoms with Gasteiger partial charge in [0.15, 0.2) is 0 Å². The van der Waals surface area contributed by atoms with E-state index in [2.05, 4.69) is 70.1 Å². The summed E-state index contributed by atoms with van der Waals surface area (Å²) in [5.74, 6) is 0.905. The normalized spacial score (nSPS) is 12.6. The van der Waals surface area contributed by atoms with E-state index in [9.17, 15) is 0 Å². The van der Waals surface area contributed by atoms with E-state index in [-0.39, 0.29) is 0 Å². The molecule has 2 aromatic rings. The predicted molar refractivity (Wildman–Crippen MR) is 96.1 cm³/mol. The van der Waals surface area contributed by atoms with Crippen LogP contribution in [0, 0.1) is 13.8 Å². The van der Waals surface area contributed by atoms with Crippen LogP contribution in [0.3, 0.4) is 0 Å². The Morgan fingerprint density at radius 1 is 1.14 bits per heavy atom. The average Bonchev–Trinajstić information content (AvgIpc) is 2.77. The third kappa shape index (κ3) is 4.28. The lowest BCUT2D eigenvalue weighted by Crippen LogP contribution is -2.29. The summed E-state index contributed by atoms with van der Waals surface area (Å²) >= 11 is 1.74. The highest BCUT2D eigenvalue weighted by Gasteiger charge is 2.18. The van der Waals surface area contributed by atoms with Crippen molar-refractivity contribution in [1.29, 1.82) is 0 Å². The highest BCUT2D eigenvalue weighted by molar-refractivity contribution is 7.12. The largest absolute Gasteiger partial charge is 0.543 e. The summed E-state index contributed by atoms with van der Waals surface area (Å²) in [7, 11) is -1.65. The maximum absolute atomic E-state index is 6.20. The molecule has 0 radical (unpaired) electrons. The van der Waals surface area contributed by atoms with Gasteiger partial charge in [0.25, 0.3) is 0 Å². The number of benzene rings is 1. The molecule has 21 heavy (non-hydrogen) atoms. The van der Waals surface area contributed by atoms with E-state index in [1.807, 2.05) is 0 Å². The van der Waals surface area contributed by atoms with Crippen molar-refractivity contribution in [2.45, 2.75) is 40.4 Å². The summed E-state index contributed by atoms with van der Waals surface area (Å²) in [6.45, 7) is 12.9. The predicted octanol–water partition coefficient (Wildman–Crippen LogP) is 5.72. The number of aryl methyl sites for hydroxylation is 2. The molecule has 1 aromatic heterocycles. The first-order chi connectivity index (χ1) is 9.76. The van der Waals surface area contributed by atoms with E-state index in [1.165, 1.54) is 16.0 Å². The van der Waals surface area contributed by atoms with Gasteiger partial charge in [-0.3, -0.25) is 0 Å². The summed E-state index contributed by atoms with van der Waals surface area (Å²) < 4.78 is 6.20. The van der Waals surface area contributed by atoms with Crippen LogP contribution >= 0.6 is 11.3 Å². The molecule has 0 spiro atoms. The molecule has 2 nitrogen and oxygen atoms in total. The zero-order valence-electron chi connectivity index (χ0n) is 13.7. The van der Waals surface area contributed by atoms with Crippen LogP contribution in [0.25, 0.3) is 0 Å². The quantitative estimate of drug-likeness (QED) is 0.522. The van der Waals surface area contributed by atoms with Crippen LogP contribution in [0.4, 0.5) is 5.69 Å². The van der Waals surface area contributed by atoms with Crippen molar-refractivity contribution in [3.63, 3.8) is 0 Å². The van der Waals surface area contributed by atoms with Gasteiger partial charge in [-0.15, -0.1) is 11.3 Å². The first kappa shape index (κ1) is 16.0. The molecule has 0 bridgehead atoms.